The summed E-state index contributed by atoms with van der Waals surface area (Å²) in [5.41, 5.74) is 0.575. The van der Waals surface area contributed by atoms with Crippen LogP contribution in [0.4, 0.5) is 13.2 Å². The molecule has 0 aliphatic rings. The summed E-state index contributed by atoms with van der Waals surface area (Å²) in [6.45, 7) is 0.854. The third-order valence-electron chi connectivity index (χ3n) is 3.29. The van der Waals surface area contributed by atoms with Crippen molar-refractivity contribution in [2.75, 3.05) is 13.6 Å². The van der Waals surface area contributed by atoms with Crippen molar-refractivity contribution in [1.82, 2.24) is 5.32 Å². The number of thioether (sulfide) groups is 1. The minimum absolute atomic E-state index is 0.213. The van der Waals surface area contributed by atoms with Gasteiger partial charge in [0.25, 0.3) is 0 Å². The Balaban J connectivity index is 2.13. The lowest BCUT2D eigenvalue weighted by atomic mass is 10.1. The lowest BCUT2D eigenvalue weighted by molar-refractivity contribution is -0.137. The molecule has 1 nitrogen and oxygen atoms in total. The van der Waals surface area contributed by atoms with E-state index in [1.807, 2.05) is 25.2 Å². The Bertz CT molecular complexity index is 567. The molecule has 22 heavy (non-hydrogen) atoms. The average molecular weight is 325 g/mol. The fraction of sp³-hybridized carbons (Fsp3) is 0.294. The Kier molecular flexibility index (Phi) is 5.91. The lowest BCUT2D eigenvalue weighted by Gasteiger charge is -2.17. The van der Waals surface area contributed by atoms with E-state index in [1.54, 1.807) is 23.9 Å². The molecular formula is C17H18F3NS. The van der Waals surface area contributed by atoms with Gasteiger partial charge in [-0.05, 0) is 49.8 Å². The highest BCUT2D eigenvalue weighted by Crippen LogP contribution is 2.38. The summed E-state index contributed by atoms with van der Waals surface area (Å²) in [7, 11) is 1.89. The first-order valence-corrected chi connectivity index (χ1v) is 7.92. The Morgan fingerprint density at radius 2 is 1.64 bits per heavy atom. The van der Waals surface area contributed by atoms with E-state index in [0.717, 1.165) is 30.0 Å². The maximum Gasteiger partial charge on any atom is 0.416 e. The Morgan fingerprint density at radius 3 is 2.18 bits per heavy atom. The van der Waals surface area contributed by atoms with Crippen LogP contribution in [0.1, 0.15) is 22.8 Å². The van der Waals surface area contributed by atoms with Gasteiger partial charge in [0.2, 0.25) is 0 Å². The van der Waals surface area contributed by atoms with Crippen LogP contribution >= 0.6 is 11.8 Å². The summed E-state index contributed by atoms with van der Waals surface area (Å²) in [6.07, 6.45) is -3.37. The van der Waals surface area contributed by atoms with Crippen LogP contribution in [0.25, 0.3) is 0 Å². The monoisotopic (exact) mass is 325 g/mol. The summed E-state index contributed by atoms with van der Waals surface area (Å²) in [4.78, 5) is 0.845. The van der Waals surface area contributed by atoms with E-state index in [-0.39, 0.29) is 5.25 Å². The topological polar surface area (TPSA) is 12.0 Å². The Hall–Kier alpha value is -1.46. The molecule has 0 amide bonds. The molecule has 0 aliphatic heterocycles. The molecule has 0 saturated carbocycles. The zero-order valence-corrected chi connectivity index (χ0v) is 13.0. The van der Waals surface area contributed by atoms with Crippen LogP contribution in [0.15, 0.2) is 59.5 Å². The molecule has 0 aromatic heterocycles. The number of halogens is 3. The molecule has 0 radical (unpaired) electrons. The van der Waals surface area contributed by atoms with Gasteiger partial charge in [0.05, 0.1) is 5.56 Å². The zero-order chi connectivity index (χ0) is 16.0. The normalized spacial score (nSPS) is 13.1. The first-order valence-electron chi connectivity index (χ1n) is 7.04. The molecule has 5 heteroatoms. The largest absolute Gasteiger partial charge is 0.416 e. The van der Waals surface area contributed by atoms with Crippen LogP contribution in [-0.2, 0) is 6.18 Å². The molecule has 2 aromatic rings. The van der Waals surface area contributed by atoms with Crippen molar-refractivity contribution in [3.8, 4) is 0 Å². The molecule has 0 saturated heterocycles. The second-order valence-electron chi connectivity index (χ2n) is 4.93. The third-order valence-corrected chi connectivity index (χ3v) is 4.62. The van der Waals surface area contributed by atoms with Gasteiger partial charge in [-0.3, -0.25) is 0 Å². The van der Waals surface area contributed by atoms with Crippen molar-refractivity contribution in [2.45, 2.75) is 22.7 Å². The first kappa shape index (κ1) is 16.9. The smallest absolute Gasteiger partial charge is 0.320 e. The fourth-order valence-electron chi connectivity index (χ4n) is 2.12. The number of hydrogen-bond acceptors (Lipinski definition) is 2. The van der Waals surface area contributed by atoms with E-state index in [9.17, 15) is 13.2 Å². The van der Waals surface area contributed by atoms with Crippen LogP contribution in [0, 0.1) is 0 Å². The van der Waals surface area contributed by atoms with Gasteiger partial charge >= 0.3 is 6.18 Å². The van der Waals surface area contributed by atoms with Crippen molar-refractivity contribution in [1.29, 1.82) is 0 Å². The summed E-state index contributed by atoms with van der Waals surface area (Å²) in [6, 6.07) is 15.4. The molecule has 1 atom stereocenters. The molecule has 0 bridgehead atoms. The van der Waals surface area contributed by atoms with Gasteiger partial charge in [-0.25, -0.2) is 0 Å². The van der Waals surface area contributed by atoms with E-state index >= 15 is 0 Å². The van der Waals surface area contributed by atoms with Crippen molar-refractivity contribution in [3.63, 3.8) is 0 Å². The molecule has 0 unspecified atom stereocenters. The van der Waals surface area contributed by atoms with Crippen molar-refractivity contribution in [2.24, 2.45) is 0 Å². The number of hydrogen-bond donors (Lipinski definition) is 1. The van der Waals surface area contributed by atoms with Crippen LogP contribution < -0.4 is 5.32 Å². The van der Waals surface area contributed by atoms with E-state index in [4.69, 9.17) is 0 Å². The number of benzene rings is 2. The summed E-state index contributed by atoms with van der Waals surface area (Å²) >= 11 is 1.59. The second kappa shape index (κ2) is 7.70. The van der Waals surface area contributed by atoms with E-state index in [0.29, 0.717) is 0 Å². The Labute approximate surface area is 132 Å². The molecule has 0 spiro atoms. The van der Waals surface area contributed by atoms with Gasteiger partial charge < -0.3 is 5.32 Å². The zero-order valence-electron chi connectivity index (χ0n) is 12.2. The molecule has 0 heterocycles. The quantitative estimate of drug-likeness (QED) is 0.737. The van der Waals surface area contributed by atoms with Crippen LogP contribution in [0.2, 0.25) is 0 Å². The fourth-order valence-corrected chi connectivity index (χ4v) is 3.27. The third kappa shape index (κ3) is 4.78. The Morgan fingerprint density at radius 1 is 1.00 bits per heavy atom. The molecule has 118 valence electrons. The van der Waals surface area contributed by atoms with Crippen molar-refractivity contribution < 1.29 is 13.2 Å². The summed E-state index contributed by atoms with van der Waals surface area (Å²) < 4.78 is 37.8. The average Bonchev–Trinajstić information content (AvgIpc) is 2.52. The van der Waals surface area contributed by atoms with E-state index in [2.05, 4.69) is 17.4 Å². The highest BCUT2D eigenvalue weighted by Gasteiger charge is 2.30. The van der Waals surface area contributed by atoms with E-state index < -0.39 is 11.7 Å². The van der Waals surface area contributed by atoms with E-state index in [1.165, 1.54) is 5.56 Å². The molecule has 0 aliphatic carbocycles. The van der Waals surface area contributed by atoms with Gasteiger partial charge in [0.1, 0.15) is 0 Å². The van der Waals surface area contributed by atoms with Crippen molar-refractivity contribution in [3.05, 3.63) is 65.7 Å². The minimum atomic E-state index is -4.28. The summed E-state index contributed by atoms with van der Waals surface area (Å²) in [5.74, 6) is 0. The molecular weight excluding hydrogens is 307 g/mol. The number of alkyl halides is 3. The standard InChI is InChI=1S/C17H18F3NS/c1-21-12-11-16(13-5-3-2-4-6-13)22-15-9-7-14(8-10-15)17(18,19)20/h2-10,16,21H,11-12H2,1H3/t16-/m1/s1. The maximum absolute atomic E-state index is 12.6. The van der Waals surface area contributed by atoms with Crippen molar-refractivity contribution >= 4 is 11.8 Å². The first-order chi connectivity index (χ1) is 10.5. The maximum atomic E-state index is 12.6. The minimum Gasteiger partial charge on any atom is -0.320 e. The molecule has 1 N–H and O–H groups in total. The highest BCUT2D eigenvalue weighted by atomic mass is 32.2. The van der Waals surface area contributed by atoms with Gasteiger partial charge in [-0.1, -0.05) is 30.3 Å². The summed E-state index contributed by atoms with van der Waals surface area (Å²) in [5, 5.41) is 3.33. The van der Waals surface area contributed by atoms with Crippen LogP contribution in [-0.4, -0.2) is 13.6 Å². The van der Waals surface area contributed by atoms with Gasteiger partial charge in [0, 0.05) is 10.1 Å². The second-order valence-corrected chi connectivity index (χ2v) is 6.21. The predicted octanol–water partition coefficient (Wildman–Crippen LogP) is 5.15. The van der Waals surface area contributed by atoms with Gasteiger partial charge in [-0.2, -0.15) is 13.2 Å². The van der Waals surface area contributed by atoms with Crippen LogP contribution in [0.3, 0.4) is 0 Å². The molecule has 0 fully saturated rings. The van der Waals surface area contributed by atoms with Gasteiger partial charge in [0.15, 0.2) is 0 Å². The number of rotatable bonds is 6. The predicted molar refractivity (Wildman–Crippen MR) is 85.0 cm³/mol. The lowest BCUT2D eigenvalue weighted by Crippen LogP contribution is -2.10. The van der Waals surface area contributed by atoms with Gasteiger partial charge in [-0.15, -0.1) is 11.8 Å². The SMILES string of the molecule is CNCC[C@@H](Sc1ccc(C(F)(F)F)cc1)c1ccccc1. The molecule has 2 aromatic carbocycles. The highest BCUT2D eigenvalue weighted by molar-refractivity contribution is 7.99. The molecule has 2 rings (SSSR count). The van der Waals surface area contributed by atoms with Crippen LogP contribution in [0.5, 0.6) is 0 Å². The number of nitrogens with one attached hydrogen (secondary N) is 1.